The summed E-state index contributed by atoms with van der Waals surface area (Å²) >= 11 is 0. The third kappa shape index (κ3) is 2.13. The first kappa shape index (κ1) is 10.5. The van der Waals surface area contributed by atoms with Gasteiger partial charge in [0.15, 0.2) is 0 Å². The van der Waals surface area contributed by atoms with E-state index < -0.39 is 5.97 Å². The number of hydrogen-bond acceptors (Lipinski definition) is 3. The largest absolute Gasteiger partial charge is 0.480 e. The summed E-state index contributed by atoms with van der Waals surface area (Å²) in [5, 5.41) is 13.9. The van der Waals surface area contributed by atoms with E-state index in [0.29, 0.717) is 6.42 Å². The molecule has 1 aliphatic rings. The summed E-state index contributed by atoms with van der Waals surface area (Å²) in [6, 6.07) is 7.30. The topological polar surface area (TPSA) is 78.4 Å². The van der Waals surface area contributed by atoms with Gasteiger partial charge in [-0.05, 0) is 11.6 Å². The minimum absolute atomic E-state index is 0.279. The predicted molar refractivity (Wildman–Crippen MR) is 58.2 cm³/mol. The van der Waals surface area contributed by atoms with Crippen LogP contribution in [0.5, 0.6) is 0 Å². The summed E-state index contributed by atoms with van der Waals surface area (Å²) in [5.41, 5.74) is 2.02. The first-order valence-electron chi connectivity index (χ1n) is 5.01. The van der Waals surface area contributed by atoms with Crippen LogP contribution in [-0.4, -0.2) is 29.6 Å². The van der Waals surface area contributed by atoms with E-state index >= 15 is 0 Å². The molecule has 1 aromatic rings. The lowest BCUT2D eigenvalue weighted by atomic mass is 10.1. The van der Waals surface area contributed by atoms with Gasteiger partial charge in [-0.15, -0.1) is 0 Å². The second-order valence-electron chi connectivity index (χ2n) is 3.67. The molecule has 0 radical (unpaired) electrons. The molecular weight excluding hydrogens is 208 g/mol. The Balaban J connectivity index is 1.96. The molecule has 2 rings (SSSR count). The highest BCUT2D eigenvalue weighted by atomic mass is 16.4. The number of nitrogens with one attached hydrogen (secondary N) is 2. The van der Waals surface area contributed by atoms with E-state index in [1.165, 1.54) is 0 Å². The molecule has 1 heterocycles. The molecule has 1 aromatic carbocycles. The van der Waals surface area contributed by atoms with Crippen LogP contribution >= 0.6 is 0 Å². The Bertz CT molecular complexity index is 406. The molecule has 5 nitrogen and oxygen atoms in total. The second kappa shape index (κ2) is 4.22. The molecule has 0 bridgehead atoms. The van der Waals surface area contributed by atoms with Crippen molar-refractivity contribution in [2.75, 3.05) is 11.9 Å². The maximum absolute atomic E-state index is 11.6. The van der Waals surface area contributed by atoms with Gasteiger partial charge in [0.05, 0.1) is 0 Å². The number of benzene rings is 1. The zero-order chi connectivity index (χ0) is 11.5. The molecule has 5 heteroatoms. The molecule has 0 saturated heterocycles. The first-order valence-corrected chi connectivity index (χ1v) is 5.01. The van der Waals surface area contributed by atoms with E-state index in [0.717, 1.165) is 11.3 Å². The van der Waals surface area contributed by atoms with Gasteiger partial charge in [0.2, 0.25) is 5.91 Å². The highest BCUT2D eigenvalue weighted by Crippen LogP contribution is 2.24. The van der Waals surface area contributed by atoms with Crippen molar-refractivity contribution >= 4 is 17.6 Å². The fraction of sp³-hybridized carbons (Fsp3) is 0.273. The minimum Gasteiger partial charge on any atom is -0.480 e. The standard InChI is InChI=1S/C11H12N2O3/c14-10(15)6-12-11(16)9-5-7-3-1-2-4-8(7)13-9/h1-4,9,13H,5-6H2,(H,12,16)(H,14,15)/t9-/m1/s1. The lowest BCUT2D eigenvalue weighted by Crippen LogP contribution is -2.40. The lowest BCUT2D eigenvalue weighted by Gasteiger charge is -2.10. The smallest absolute Gasteiger partial charge is 0.322 e. The Morgan fingerprint density at radius 3 is 2.88 bits per heavy atom. The van der Waals surface area contributed by atoms with Crippen molar-refractivity contribution in [1.82, 2.24) is 5.32 Å². The van der Waals surface area contributed by atoms with Crippen LogP contribution in [0, 0.1) is 0 Å². The number of fused-ring (bicyclic) bond motifs is 1. The third-order valence-corrected chi connectivity index (χ3v) is 2.50. The predicted octanol–water partition coefficient (Wildman–Crippen LogP) is 0.224. The van der Waals surface area contributed by atoms with Gasteiger partial charge < -0.3 is 15.7 Å². The molecule has 84 valence electrons. The van der Waals surface area contributed by atoms with Crippen LogP contribution in [0.2, 0.25) is 0 Å². The van der Waals surface area contributed by atoms with E-state index in [-0.39, 0.29) is 18.5 Å². The van der Waals surface area contributed by atoms with E-state index in [1.54, 1.807) is 0 Å². The van der Waals surface area contributed by atoms with Crippen LogP contribution in [0.3, 0.4) is 0 Å². The molecule has 1 atom stereocenters. The molecule has 0 aliphatic carbocycles. The highest BCUT2D eigenvalue weighted by Gasteiger charge is 2.26. The summed E-state index contributed by atoms with van der Waals surface area (Å²) in [5.74, 6) is -1.32. The molecule has 0 aromatic heterocycles. The fourth-order valence-corrected chi connectivity index (χ4v) is 1.74. The van der Waals surface area contributed by atoms with Crippen molar-refractivity contribution < 1.29 is 14.7 Å². The van der Waals surface area contributed by atoms with Crippen molar-refractivity contribution in [2.24, 2.45) is 0 Å². The van der Waals surface area contributed by atoms with Gasteiger partial charge >= 0.3 is 5.97 Å². The van der Waals surface area contributed by atoms with Gasteiger partial charge in [0.1, 0.15) is 12.6 Å². The van der Waals surface area contributed by atoms with Gasteiger partial charge in [-0.1, -0.05) is 18.2 Å². The summed E-state index contributed by atoms with van der Waals surface area (Å²) in [7, 11) is 0. The Kier molecular flexibility index (Phi) is 2.76. The van der Waals surface area contributed by atoms with Crippen molar-refractivity contribution in [1.29, 1.82) is 0 Å². The number of para-hydroxylation sites is 1. The first-order chi connectivity index (χ1) is 7.66. The number of amides is 1. The maximum Gasteiger partial charge on any atom is 0.322 e. The molecule has 0 unspecified atom stereocenters. The van der Waals surface area contributed by atoms with Crippen molar-refractivity contribution in [2.45, 2.75) is 12.5 Å². The number of hydrogen-bond donors (Lipinski definition) is 3. The number of rotatable bonds is 3. The van der Waals surface area contributed by atoms with Gasteiger partial charge in [0, 0.05) is 12.1 Å². The van der Waals surface area contributed by atoms with Gasteiger partial charge in [0.25, 0.3) is 0 Å². The van der Waals surface area contributed by atoms with Gasteiger partial charge in [-0.2, -0.15) is 0 Å². The number of anilines is 1. The van der Waals surface area contributed by atoms with Crippen molar-refractivity contribution in [3.63, 3.8) is 0 Å². The Morgan fingerprint density at radius 2 is 2.19 bits per heavy atom. The number of carboxylic acids is 1. The van der Waals surface area contributed by atoms with Gasteiger partial charge in [-0.25, -0.2) is 0 Å². The average Bonchev–Trinajstić information content (AvgIpc) is 2.69. The summed E-state index contributed by atoms with van der Waals surface area (Å²) in [6.45, 7) is -0.340. The summed E-state index contributed by atoms with van der Waals surface area (Å²) in [6.07, 6.45) is 0.599. The van der Waals surface area contributed by atoms with Crippen LogP contribution in [-0.2, 0) is 16.0 Å². The van der Waals surface area contributed by atoms with Crippen LogP contribution in [0.1, 0.15) is 5.56 Å². The zero-order valence-electron chi connectivity index (χ0n) is 8.56. The molecule has 3 N–H and O–H groups in total. The Hall–Kier alpha value is -2.04. The molecule has 1 aliphatic heterocycles. The number of carbonyl (C=O) groups is 2. The fourth-order valence-electron chi connectivity index (χ4n) is 1.74. The van der Waals surface area contributed by atoms with E-state index in [1.807, 2.05) is 24.3 Å². The quantitative estimate of drug-likeness (QED) is 0.681. The van der Waals surface area contributed by atoms with Crippen LogP contribution < -0.4 is 10.6 Å². The summed E-state index contributed by atoms with van der Waals surface area (Å²) < 4.78 is 0. The third-order valence-electron chi connectivity index (χ3n) is 2.50. The molecule has 0 fully saturated rings. The van der Waals surface area contributed by atoms with E-state index in [9.17, 15) is 9.59 Å². The van der Waals surface area contributed by atoms with Crippen LogP contribution in [0.4, 0.5) is 5.69 Å². The number of carboxylic acid groups (broad SMARTS) is 1. The average molecular weight is 220 g/mol. The highest BCUT2D eigenvalue weighted by molar-refractivity contribution is 5.89. The van der Waals surface area contributed by atoms with Crippen molar-refractivity contribution in [3.8, 4) is 0 Å². The molecule has 16 heavy (non-hydrogen) atoms. The molecule has 0 saturated carbocycles. The van der Waals surface area contributed by atoms with Gasteiger partial charge in [-0.3, -0.25) is 9.59 Å². The molecular formula is C11H12N2O3. The van der Waals surface area contributed by atoms with Crippen molar-refractivity contribution in [3.05, 3.63) is 29.8 Å². The van der Waals surface area contributed by atoms with E-state index in [4.69, 9.17) is 5.11 Å². The van der Waals surface area contributed by atoms with Crippen LogP contribution in [0.15, 0.2) is 24.3 Å². The lowest BCUT2D eigenvalue weighted by molar-refractivity contribution is -0.138. The normalized spacial score (nSPS) is 17.4. The number of carbonyl (C=O) groups excluding carboxylic acids is 1. The zero-order valence-corrected chi connectivity index (χ0v) is 8.56. The maximum atomic E-state index is 11.6. The SMILES string of the molecule is O=C(O)CNC(=O)[C@H]1Cc2ccccc2N1. The minimum atomic E-state index is -1.04. The molecule has 0 spiro atoms. The summed E-state index contributed by atoms with van der Waals surface area (Å²) in [4.78, 5) is 21.9. The Labute approximate surface area is 92.5 Å². The number of aliphatic carboxylic acids is 1. The second-order valence-corrected chi connectivity index (χ2v) is 3.67. The molecule has 1 amide bonds. The van der Waals surface area contributed by atoms with E-state index in [2.05, 4.69) is 10.6 Å². The monoisotopic (exact) mass is 220 g/mol. The Morgan fingerprint density at radius 1 is 1.44 bits per heavy atom. The van der Waals surface area contributed by atoms with Crippen LogP contribution in [0.25, 0.3) is 0 Å².